The zero-order chi connectivity index (χ0) is 15.7. The second-order valence-electron chi connectivity index (χ2n) is 5.63. The van der Waals surface area contributed by atoms with E-state index in [9.17, 15) is 18.3 Å². The smallest absolute Gasteiger partial charge is 0.410 e. The van der Waals surface area contributed by atoms with Gasteiger partial charge in [-0.1, -0.05) is 0 Å². The molecule has 0 aromatic heterocycles. The Bertz CT molecular complexity index is 461. The van der Waals surface area contributed by atoms with Crippen LogP contribution in [0.5, 0.6) is 0 Å². The molecule has 8 nitrogen and oxygen atoms in total. The third-order valence-electron chi connectivity index (χ3n) is 2.58. The number of hydrogen-bond acceptors (Lipinski definition) is 6. The Morgan fingerprint density at radius 2 is 2.05 bits per heavy atom. The molecule has 0 aromatic rings. The van der Waals surface area contributed by atoms with E-state index in [4.69, 9.17) is 9.29 Å². The Morgan fingerprint density at radius 3 is 2.50 bits per heavy atom. The Labute approximate surface area is 123 Å². The first kappa shape index (κ1) is 17.5. The summed E-state index contributed by atoms with van der Waals surface area (Å²) >= 11 is 4.22. The quantitative estimate of drug-likeness (QED) is 0.329. The fourth-order valence-corrected chi connectivity index (χ4v) is 2.76. The lowest BCUT2D eigenvalue weighted by Crippen LogP contribution is -2.51. The summed E-state index contributed by atoms with van der Waals surface area (Å²) in [5, 5.41) is 9.57. The van der Waals surface area contributed by atoms with Crippen molar-refractivity contribution in [3.8, 4) is 0 Å². The molecule has 3 N–H and O–H groups in total. The molecule has 0 aromatic carbocycles. The van der Waals surface area contributed by atoms with Gasteiger partial charge in [-0.3, -0.25) is 4.55 Å². The maximum atomic E-state index is 12.0. The van der Waals surface area contributed by atoms with Gasteiger partial charge in [0, 0.05) is 11.8 Å². The van der Waals surface area contributed by atoms with Gasteiger partial charge in [-0.25, -0.2) is 4.79 Å². The lowest BCUT2D eigenvalue weighted by Gasteiger charge is -2.30. The average molecular weight is 328 g/mol. The van der Waals surface area contributed by atoms with E-state index < -0.39 is 34.3 Å². The number of likely N-dealkylation sites (tertiary alicyclic amines) is 1. The fraction of sp³-hybridized carbons (Fsp3) is 0.900. The van der Waals surface area contributed by atoms with Crippen molar-refractivity contribution in [2.45, 2.75) is 50.3 Å². The van der Waals surface area contributed by atoms with Crippen molar-refractivity contribution >= 4 is 29.0 Å². The largest absolute Gasteiger partial charge is 0.444 e. The molecule has 0 bridgehead atoms. The molecule has 1 rings (SSSR count). The van der Waals surface area contributed by atoms with Gasteiger partial charge in [0.05, 0.1) is 6.04 Å². The molecule has 1 heterocycles. The van der Waals surface area contributed by atoms with Gasteiger partial charge in [0.2, 0.25) is 0 Å². The number of aliphatic hydroxyl groups excluding tert-OH is 1. The van der Waals surface area contributed by atoms with E-state index in [1.165, 1.54) is 4.90 Å². The van der Waals surface area contributed by atoms with Crippen molar-refractivity contribution in [3.63, 3.8) is 0 Å². The second kappa shape index (κ2) is 6.06. The topological polar surface area (TPSA) is 116 Å². The normalized spacial score (nSPS) is 25.6. The highest BCUT2D eigenvalue weighted by Gasteiger charge is 2.41. The first-order chi connectivity index (χ1) is 8.89. The maximum absolute atomic E-state index is 12.0. The summed E-state index contributed by atoms with van der Waals surface area (Å²) in [6.07, 6.45) is -2.03. The third-order valence-corrected chi connectivity index (χ3v) is 3.50. The highest BCUT2D eigenvalue weighted by molar-refractivity contribution is 7.83. The van der Waals surface area contributed by atoms with Crippen LogP contribution in [0.4, 0.5) is 4.79 Å². The van der Waals surface area contributed by atoms with Crippen LogP contribution >= 0.6 is 12.6 Å². The Morgan fingerprint density at radius 1 is 1.50 bits per heavy atom. The van der Waals surface area contributed by atoms with Crippen LogP contribution in [0.15, 0.2) is 0 Å². The van der Waals surface area contributed by atoms with Gasteiger partial charge in [-0.2, -0.15) is 25.8 Å². The van der Waals surface area contributed by atoms with Gasteiger partial charge in [-0.05, 0) is 27.2 Å². The highest BCUT2D eigenvalue weighted by Crippen LogP contribution is 2.26. The fourth-order valence-electron chi connectivity index (χ4n) is 1.90. The molecule has 118 valence electrons. The SMILES string of the molecule is CC(C)(C)OC(=O)N1C[C@@H](S)C[C@@H]1C(O)NS(=O)(=O)O. The van der Waals surface area contributed by atoms with Crippen molar-refractivity contribution in [3.05, 3.63) is 0 Å². The molecule has 1 saturated heterocycles. The standard InChI is InChI=1S/C10H20N2O6S2/c1-10(2,3)18-9(14)12-5-6(19)4-7(12)8(13)11-20(15,16)17/h6-8,11,13,19H,4-5H2,1-3H3,(H,15,16,17)/t6-,7+,8?/m0/s1. The predicted molar refractivity (Wildman–Crippen MR) is 74.8 cm³/mol. The number of hydrogen-bond donors (Lipinski definition) is 4. The molecule has 1 amide bonds. The predicted octanol–water partition coefficient (Wildman–Crippen LogP) is 0.00500. The van der Waals surface area contributed by atoms with Gasteiger partial charge in [0.25, 0.3) is 0 Å². The van der Waals surface area contributed by atoms with Crippen LogP contribution in [-0.4, -0.2) is 58.7 Å². The number of amides is 1. The summed E-state index contributed by atoms with van der Waals surface area (Å²) < 4.78 is 36.9. The van der Waals surface area contributed by atoms with Gasteiger partial charge < -0.3 is 14.7 Å². The molecule has 1 unspecified atom stereocenters. The van der Waals surface area contributed by atoms with Crippen molar-refractivity contribution in [2.75, 3.05) is 6.54 Å². The van der Waals surface area contributed by atoms with Crippen molar-refractivity contribution < 1.29 is 27.6 Å². The first-order valence-corrected chi connectivity index (χ1v) is 7.95. The molecule has 1 fully saturated rings. The summed E-state index contributed by atoms with van der Waals surface area (Å²) in [7, 11) is -4.57. The zero-order valence-electron chi connectivity index (χ0n) is 11.5. The van der Waals surface area contributed by atoms with Crippen molar-refractivity contribution in [1.29, 1.82) is 0 Å². The minimum Gasteiger partial charge on any atom is -0.444 e. The number of rotatable bonds is 3. The van der Waals surface area contributed by atoms with E-state index >= 15 is 0 Å². The Hall–Kier alpha value is -0.550. The van der Waals surface area contributed by atoms with Gasteiger partial charge in [0.1, 0.15) is 11.8 Å². The van der Waals surface area contributed by atoms with Crippen molar-refractivity contribution in [1.82, 2.24) is 9.62 Å². The minimum absolute atomic E-state index is 0.215. The third kappa shape index (κ3) is 5.44. The molecule has 20 heavy (non-hydrogen) atoms. The van der Waals surface area contributed by atoms with Crippen LogP contribution in [-0.2, 0) is 15.0 Å². The molecule has 0 radical (unpaired) electrons. The van der Waals surface area contributed by atoms with Crippen LogP contribution in [0.2, 0.25) is 0 Å². The van der Waals surface area contributed by atoms with E-state index in [1.54, 1.807) is 25.5 Å². The number of carbonyl (C=O) groups excluding carboxylic acids is 1. The molecule has 0 spiro atoms. The summed E-state index contributed by atoms with van der Waals surface area (Å²) in [4.78, 5) is 13.2. The van der Waals surface area contributed by atoms with E-state index in [0.717, 1.165) is 0 Å². The van der Waals surface area contributed by atoms with Crippen LogP contribution in [0.1, 0.15) is 27.2 Å². The maximum Gasteiger partial charge on any atom is 0.410 e. The molecule has 1 aliphatic heterocycles. The van der Waals surface area contributed by atoms with Crippen LogP contribution in [0.3, 0.4) is 0 Å². The van der Waals surface area contributed by atoms with Gasteiger partial charge in [0.15, 0.2) is 0 Å². The van der Waals surface area contributed by atoms with Gasteiger partial charge in [-0.15, -0.1) is 0 Å². The van der Waals surface area contributed by atoms with E-state index in [-0.39, 0.29) is 18.2 Å². The molecule has 0 aliphatic carbocycles. The van der Waals surface area contributed by atoms with E-state index in [0.29, 0.717) is 0 Å². The zero-order valence-corrected chi connectivity index (χ0v) is 13.2. The number of nitrogens with one attached hydrogen (secondary N) is 1. The number of carbonyl (C=O) groups is 1. The number of aliphatic hydroxyl groups is 1. The number of ether oxygens (including phenoxy) is 1. The van der Waals surface area contributed by atoms with E-state index in [1.807, 2.05) is 0 Å². The molecule has 0 saturated carbocycles. The number of nitrogens with zero attached hydrogens (tertiary/aromatic N) is 1. The van der Waals surface area contributed by atoms with Crippen LogP contribution in [0.25, 0.3) is 0 Å². The first-order valence-electron chi connectivity index (χ1n) is 5.99. The second-order valence-corrected chi connectivity index (χ2v) is 7.54. The molecular weight excluding hydrogens is 308 g/mol. The van der Waals surface area contributed by atoms with Crippen LogP contribution < -0.4 is 4.72 Å². The summed E-state index contributed by atoms with van der Waals surface area (Å²) in [6, 6.07) is -0.853. The summed E-state index contributed by atoms with van der Waals surface area (Å²) in [5.74, 6) is 0. The number of thiol groups is 1. The average Bonchev–Trinajstić information content (AvgIpc) is 2.55. The monoisotopic (exact) mass is 328 g/mol. The lowest BCUT2D eigenvalue weighted by atomic mass is 10.2. The van der Waals surface area contributed by atoms with Crippen LogP contribution in [0, 0.1) is 0 Å². The summed E-state index contributed by atoms with van der Waals surface area (Å²) in [6.45, 7) is 5.30. The van der Waals surface area contributed by atoms with Gasteiger partial charge >= 0.3 is 16.4 Å². The van der Waals surface area contributed by atoms with Crippen molar-refractivity contribution in [2.24, 2.45) is 0 Å². The molecule has 1 aliphatic rings. The Balaban J connectivity index is 2.80. The highest BCUT2D eigenvalue weighted by atomic mass is 32.2. The lowest BCUT2D eigenvalue weighted by molar-refractivity contribution is 0.00293. The minimum atomic E-state index is -4.57. The summed E-state index contributed by atoms with van der Waals surface area (Å²) in [5.41, 5.74) is -0.711. The van der Waals surface area contributed by atoms with E-state index in [2.05, 4.69) is 12.6 Å². The molecular formula is C10H20N2O6S2. The molecule has 10 heteroatoms. The molecule has 3 atom stereocenters. The Kier molecular flexibility index (Phi) is 5.30.